The first-order valence-corrected chi connectivity index (χ1v) is 6.95. The number of piperidine rings is 1. The SMILES string of the molecule is CCNCC1CCN(CC(O)COCC)CC1. The molecule has 1 unspecified atom stereocenters. The van der Waals surface area contributed by atoms with Crippen molar-refractivity contribution in [3.05, 3.63) is 0 Å². The number of aliphatic hydroxyl groups is 1. The number of nitrogens with zero attached hydrogens (tertiary/aromatic N) is 1. The summed E-state index contributed by atoms with van der Waals surface area (Å²) in [6, 6.07) is 0. The van der Waals surface area contributed by atoms with Gasteiger partial charge in [0.2, 0.25) is 0 Å². The van der Waals surface area contributed by atoms with Crippen molar-refractivity contribution in [3.8, 4) is 0 Å². The van der Waals surface area contributed by atoms with Gasteiger partial charge in [-0.25, -0.2) is 0 Å². The number of β-amino-alcohol motifs (C(OH)–C–C–N with tert-alkyl or cyclic N) is 1. The van der Waals surface area contributed by atoms with Gasteiger partial charge < -0.3 is 20.1 Å². The van der Waals surface area contributed by atoms with Gasteiger partial charge in [-0.1, -0.05) is 6.92 Å². The van der Waals surface area contributed by atoms with Gasteiger partial charge in [0.15, 0.2) is 0 Å². The molecule has 0 saturated carbocycles. The van der Waals surface area contributed by atoms with E-state index in [-0.39, 0.29) is 6.10 Å². The number of ether oxygens (including phenoxy) is 1. The van der Waals surface area contributed by atoms with Crippen LogP contribution < -0.4 is 5.32 Å². The van der Waals surface area contributed by atoms with Crippen molar-refractivity contribution >= 4 is 0 Å². The average Bonchev–Trinajstić information content (AvgIpc) is 2.35. The largest absolute Gasteiger partial charge is 0.389 e. The second kappa shape index (κ2) is 8.86. The zero-order valence-corrected chi connectivity index (χ0v) is 11.3. The van der Waals surface area contributed by atoms with Crippen LogP contribution in [0.2, 0.25) is 0 Å². The molecule has 0 radical (unpaired) electrons. The number of hydrogen-bond donors (Lipinski definition) is 2. The molecule has 1 fully saturated rings. The summed E-state index contributed by atoms with van der Waals surface area (Å²) in [5.74, 6) is 0.815. The van der Waals surface area contributed by atoms with Gasteiger partial charge >= 0.3 is 0 Å². The molecule has 0 bridgehead atoms. The molecule has 0 aromatic carbocycles. The zero-order chi connectivity index (χ0) is 12.5. The number of nitrogens with one attached hydrogen (secondary N) is 1. The maximum absolute atomic E-state index is 9.76. The third-order valence-corrected chi connectivity index (χ3v) is 3.37. The van der Waals surface area contributed by atoms with Gasteiger partial charge in [0.25, 0.3) is 0 Å². The minimum atomic E-state index is -0.333. The van der Waals surface area contributed by atoms with E-state index in [4.69, 9.17) is 4.74 Å². The van der Waals surface area contributed by atoms with Gasteiger partial charge in [0, 0.05) is 13.2 Å². The van der Waals surface area contributed by atoms with E-state index in [1.807, 2.05) is 6.92 Å². The van der Waals surface area contributed by atoms with E-state index in [1.165, 1.54) is 12.8 Å². The first kappa shape index (κ1) is 14.9. The van der Waals surface area contributed by atoms with Gasteiger partial charge in [0.1, 0.15) is 0 Å². The van der Waals surface area contributed by atoms with Crippen LogP contribution >= 0.6 is 0 Å². The van der Waals surface area contributed by atoms with E-state index >= 15 is 0 Å². The molecule has 1 aliphatic heterocycles. The van der Waals surface area contributed by atoms with Crippen LogP contribution in [0.5, 0.6) is 0 Å². The summed E-state index contributed by atoms with van der Waals surface area (Å²) < 4.78 is 5.22. The van der Waals surface area contributed by atoms with E-state index in [1.54, 1.807) is 0 Å². The fraction of sp³-hybridized carbons (Fsp3) is 1.00. The Hall–Kier alpha value is -0.160. The number of likely N-dealkylation sites (tertiary alicyclic amines) is 1. The van der Waals surface area contributed by atoms with Crippen LogP contribution in [-0.2, 0) is 4.74 Å². The maximum Gasteiger partial charge on any atom is 0.0900 e. The highest BCUT2D eigenvalue weighted by atomic mass is 16.5. The van der Waals surface area contributed by atoms with Crippen LogP contribution in [0.15, 0.2) is 0 Å². The van der Waals surface area contributed by atoms with Crippen molar-refractivity contribution in [1.82, 2.24) is 10.2 Å². The van der Waals surface area contributed by atoms with E-state index in [2.05, 4.69) is 17.1 Å². The topological polar surface area (TPSA) is 44.7 Å². The molecule has 1 saturated heterocycles. The van der Waals surface area contributed by atoms with Crippen LogP contribution in [0.25, 0.3) is 0 Å². The molecule has 17 heavy (non-hydrogen) atoms. The molecule has 1 aliphatic rings. The molecule has 4 heteroatoms. The highest BCUT2D eigenvalue weighted by molar-refractivity contribution is 4.75. The molecule has 0 spiro atoms. The Labute approximate surface area is 105 Å². The molecule has 0 aromatic heterocycles. The molecule has 0 amide bonds. The Morgan fingerprint density at radius 3 is 2.65 bits per heavy atom. The normalized spacial score (nSPS) is 20.6. The monoisotopic (exact) mass is 244 g/mol. The minimum Gasteiger partial charge on any atom is -0.389 e. The molecule has 1 rings (SSSR count). The summed E-state index contributed by atoms with van der Waals surface area (Å²) in [6.45, 7) is 10.4. The molecular formula is C13H28N2O2. The van der Waals surface area contributed by atoms with E-state index in [0.29, 0.717) is 13.2 Å². The summed E-state index contributed by atoms with van der Waals surface area (Å²) in [7, 11) is 0. The summed E-state index contributed by atoms with van der Waals surface area (Å²) >= 11 is 0. The van der Waals surface area contributed by atoms with Crippen molar-refractivity contribution in [2.24, 2.45) is 5.92 Å². The molecule has 102 valence electrons. The Kier molecular flexibility index (Phi) is 7.77. The highest BCUT2D eigenvalue weighted by Crippen LogP contribution is 2.16. The summed E-state index contributed by atoms with van der Waals surface area (Å²) in [6.07, 6.45) is 2.16. The second-order valence-electron chi connectivity index (χ2n) is 4.86. The smallest absolute Gasteiger partial charge is 0.0900 e. The van der Waals surface area contributed by atoms with Crippen molar-refractivity contribution < 1.29 is 9.84 Å². The standard InChI is InChI=1S/C13H28N2O2/c1-3-14-9-12-5-7-15(8-6-12)10-13(16)11-17-4-2/h12-14,16H,3-11H2,1-2H3. The van der Waals surface area contributed by atoms with E-state index in [9.17, 15) is 5.11 Å². The summed E-state index contributed by atoms with van der Waals surface area (Å²) in [5, 5.41) is 13.2. The molecule has 0 aromatic rings. The molecule has 1 heterocycles. The number of hydrogen-bond acceptors (Lipinski definition) is 4. The quantitative estimate of drug-likeness (QED) is 0.660. The predicted octanol–water partition coefficient (Wildman–Crippen LogP) is 0.705. The van der Waals surface area contributed by atoms with E-state index in [0.717, 1.165) is 38.6 Å². The Balaban J connectivity index is 2.09. The first-order chi connectivity index (χ1) is 8.26. The second-order valence-corrected chi connectivity index (χ2v) is 4.86. The molecule has 1 atom stereocenters. The molecule has 4 nitrogen and oxygen atoms in total. The van der Waals surface area contributed by atoms with Crippen LogP contribution in [0.3, 0.4) is 0 Å². The van der Waals surface area contributed by atoms with Gasteiger partial charge in [-0.3, -0.25) is 0 Å². The van der Waals surface area contributed by atoms with Crippen molar-refractivity contribution in [2.75, 3.05) is 45.9 Å². The minimum absolute atomic E-state index is 0.333. The maximum atomic E-state index is 9.76. The van der Waals surface area contributed by atoms with Gasteiger partial charge in [-0.2, -0.15) is 0 Å². The summed E-state index contributed by atoms with van der Waals surface area (Å²) in [4.78, 5) is 2.35. The molecule has 2 N–H and O–H groups in total. The van der Waals surface area contributed by atoms with Crippen molar-refractivity contribution in [3.63, 3.8) is 0 Å². The van der Waals surface area contributed by atoms with Crippen LogP contribution in [-0.4, -0.2) is 62.0 Å². The highest BCUT2D eigenvalue weighted by Gasteiger charge is 2.20. The van der Waals surface area contributed by atoms with Crippen LogP contribution in [0.1, 0.15) is 26.7 Å². The Morgan fingerprint density at radius 2 is 2.06 bits per heavy atom. The summed E-state index contributed by atoms with van der Waals surface area (Å²) in [5.41, 5.74) is 0. The van der Waals surface area contributed by atoms with Crippen LogP contribution in [0.4, 0.5) is 0 Å². The lowest BCUT2D eigenvalue weighted by molar-refractivity contribution is 0.0147. The van der Waals surface area contributed by atoms with Crippen molar-refractivity contribution in [2.45, 2.75) is 32.8 Å². The van der Waals surface area contributed by atoms with Gasteiger partial charge in [0.05, 0.1) is 12.7 Å². The molecule has 0 aliphatic carbocycles. The fourth-order valence-electron chi connectivity index (χ4n) is 2.33. The Morgan fingerprint density at radius 1 is 1.35 bits per heavy atom. The average molecular weight is 244 g/mol. The predicted molar refractivity (Wildman–Crippen MR) is 70.2 cm³/mol. The van der Waals surface area contributed by atoms with Crippen molar-refractivity contribution in [1.29, 1.82) is 0 Å². The Bertz CT molecular complexity index is 182. The molecular weight excluding hydrogens is 216 g/mol. The third kappa shape index (κ3) is 6.36. The van der Waals surface area contributed by atoms with E-state index < -0.39 is 0 Å². The number of rotatable bonds is 8. The lowest BCUT2D eigenvalue weighted by atomic mass is 9.96. The van der Waals surface area contributed by atoms with Crippen LogP contribution in [0, 0.1) is 5.92 Å². The van der Waals surface area contributed by atoms with Gasteiger partial charge in [-0.05, 0) is 51.9 Å². The first-order valence-electron chi connectivity index (χ1n) is 6.95. The lowest BCUT2D eigenvalue weighted by Crippen LogP contribution is -2.42. The fourth-order valence-corrected chi connectivity index (χ4v) is 2.33. The lowest BCUT2D eigenvalue weighted by Gasteiger charge is -2.33. The zero-order valence-electron chi connectivity index (χ0n) is 11.3. The third-order valence-electron chi connectivity index (χ3n) is 3.37. The van der Waals surface area contributed by atoms with Gasteiger partial charge in [-0.15, -0.1) is 0 Å². The number of aliphatic hydroxyl groups excluding tert-OH is 1.